The Bertz CT molecular complexity index is 2120. The highest BCUT2D eigenvalue weighted by Gasteiger charge is 2.42. The first-order valence-electron chi connectivity index (χ1n) is 15.2. The van der Waals surface area contributed by atoms with Crippen molar-refractivity contribution in [3.05, 3.63) is 143 Å². The van der Waals surface area contributed by atoms with Crippen LogP contribution in [0.1, 0.15) is 54.2 Å². The average Bonchev–Trinajstić information content (AvgIpc) is 3.82. The van der Waals surface area contributed by atoms with E-state index in [-0.39, 0.29) is 37.2 Å². The molecular weight excluding hydrogens is 718 g/mol. The van der Waals surface area contributed by atoms with Crippen LogP contribution in [0.2, 0.25) is 5.15 Å². The molecule has 0 aliphatic heterocycles. The van der Waals surface area contributed by atoms with Crippen molar-refractivity contribution in [2.45, 2.75) is 51.8 Å². The number of benzene rings is 2. The van der Waals surface area contributed by atoms with E-state index in [1.165, 1.54) is 47.9 Å². The Hall–Kier alpha value is -5.62. The maximum atomic E-state index is 14.4. The molecule has 2 atom stereocenters. The molecule has 52 heavy (non-hydrogen) atoms. The molecule has 0 aliphatic carbocycles. The summed E-state index contributed by atoms with van der Waals surface area (Å²) in [5.41, 5.74) is -1.71. The number of hydrogen-bond donors (Lipinski definition) is 1. The predicted molar refractivity (Wildman–Crippen MR) is 174 cm³/mol. The third-order valence-electron chi connectivity index (χ3n) is 7.54. The Morgan fingerprint density at radius 2 is 1.46 bits per heavy atom. The van der Waals surface area contributed by atoms with Gasteiger partial charge in [-0.2, -0.15) is 10.2 Å². The van der Waals surface area contributed by atoms with E-state index >= 15 is 0 Å². The van der Waals surface area contributed by atoms with E-state index in [0.717, 1.165) is 30.6 Å². The van der Waals surface area contributed by atoms with Crippen molar-refractivity contribution in [3.63, 3.8) is 0 Å². The van der Waals surface area contributed by atoms with Gasteiger partial charge in [0.1, 0.15) is 73.4 Å². The molecule has 0 saturated heterocycles. The summed E-state index contributed by atoms with van der Waals surface area (Å²) in [4.78, 5) is 33.8. The lowest BCUT2D eigenvalue weighted by Crippen LogP contribution is -2.39. The van der Waals surface area contributed by atoms with Crippen molar-refractivity contribution in [2.75, 3.05) is 0 Å². The van der Waals surface area contributed by atoms with Crippen LogP contribution in [0.25, 0.3) is 0 Å². The molecule has 6 aromatic rings. The van der Waals surface area contributed by atoms with Crippen molar-refractivity contribution in [1.82, 2.24) is 49.5 Å². The second-order valence-corrected chi connectivity index (χ2v) is 11.3. The predicted octanol–water partition coefficient (Wildman–Crippen LogP) is 5.87. The summed E-state index contributed by atoms with van der Waals surface area (Å²) in [6, 6.07) is 5.56. The van der Waals surface area contributed by atoms with Crippen LogP contribution in [0, 0.1) is 41.8 Å². The highest BCUT2D eigenvalue weighted by atomic mass is 35.5. The zero-order valence-corrected chi connectivity index (χ0v) is 28.4. The van der Waals surface area contributed by atoms with Gasteiger partial charge < -0.3 is 5.11 Å². The number of aryl methyl sites for hydroxylation is 2. The summed E-state index contributed by atoms with van der Waals surface area (Å²) in [5.74, 6) is -6.14. The van der Waals surface area contributed by atoms with E-state index in [0.29, 0.717) is 29.9 Å². The number of carbonyl (C=O) groups excluding carboxylic acids is 1. The minimum atomic E-state index is -2.02. The first-order chi connectivity index (χ1) is 24.7. The molecule has 272 valence electrons. The first kappa shape index (κ1) is 39.2. The molecule has 0 saturated carbocycles. The Labute approximate surface area is 298 Å². The minimum absolute atomic E-state index is 0. The van der Waals surface area contributed by atoms with Gasteiger partial charge in [-0.25, -0.2) is 65.6 Å². The normalized spacial score (nSPS) is 12.5. The topological polar surface area (TPSA) is 150 Å². The van der Waals surface area contributed by atoms with Gasteiger partial charge >= 0.3 is 1.43 Å². The summed E-state index contributed by atoms with van der Waals surface area (Å²) >= 11 is 5.69. The van der Waals surface area contributed by atoms with Crippen LogP contribution in [-0.4, -0.2) is 60.4 Å². The molecule has 0 fully saturated rings. The fraction of sp³-hybridized carbons (Fsp3) is 0.242. The molecular formula is C33H30ClF6N10O2+. The second kappa shape index (κ2) is 17.5. The first-order valence-corrected chi connectivity index (χ1v) is 15.6. The summed E-state index contributed by atoms with van der Waals surface area (Å²) in [7, 11) is 0. The lowest BCUT2D eigenvalue weighted by molar-refractivity contribution is -0.0133. The third-order valence-corrected chi connectivity index (χ3v) is 7.81. The van der Waals surface area contributed by atoms with Crippen molar-refractivity contribution >= 4 is 17.4 Å². The van der Waals surface area contributed by atoms with Gasteiger partial charge in [0.05, 0.1) is 29.2 Å². The Morgan fingerprint density at radius 1 is 0.846 bits per heavy atom. The number of ketones is 1. The number of rotatable bonds is 9. The molecule has 12 nitrogen and oxygen atoms in total. The summed E-state index contributed by atoms with van der Waals surface area (Å²) in [6.45, 7) is 4.54. The van der Waals surface area contributed by atoms with Crippen molar-refractivity contribution < 1.29 is 37.7 Å². The van der Waals surface area contributed by atoms with Crippen molar-refractivity contribution in [3.8, 4) is 0 Å². The molecule has 4 aromatic heterocycles. The number of nitrogens with zero attached hydrogens (tertiary/aromatic N) is 10. The number of aliphatic hydroxyl groups is 1. The van der Waals surface area contributed by atoms with Crippen LogP contribution in [0.3, 0.4) is 0 Å². The zero-order valence-electron chi connectivity index (χ0n) is 28.6. The quantitative estimate of drug-likeness (QED) is 0.108. The van der Waals surface area contributed by atoms with Crippen LogP contribution in [0.15, 0.2) is 74.4 Å². The Balaban J connectivity index is 0.000000238. The Morgan fingerprint density at radius 3 is 2.04 bits per heavy atom. The largest absolute Gasteiger partial charge is 1.00 e. The average molecular weight is 748 g/mol. The van der Waals surface area contributed by atoms with Gasteiger partial charge in [0.15, 0.2) is 22.6 Å². The molecule has 6 rings (SSSR count). The number of carbonyl (C=O) groups is 1. The van der Waals surface area contributed by atoms with Gasteiger partial charge in [0.2, 0.25) is 0 Å². The molecule has 0 amide bonds. The highest BCUT2D eigenvalue weighted by Crippen LogP contribution is 2.40. The van der Waals surface area contributed by atoms with Crippen LogP contribution < -0.4 is 0 Å². The monoisotopic (exact) mass is 747 g/mol. The van der Waals surface area contributed by atoms with Crippen LogP contribution in [0.4, 0.5) is 26.3 Å². The van der Waals surface area contributed by atoms with Crippen molar-refractivity contribution in [1.29, 1.82) is 0 Å². The smallest absolute Gasteiger partial charge is 0.382 e. The van der Waals surface area contributed by atoms with Gasteiger partial charge in [-0.3, -0.25) is 4.79 Å². The van der Waals surface area contributed by atoms with E-state index in [1.54, 1.807) is 6.92 Å². The molecule has 0 aliphatic rings. The molecule has 1 N–H and O–H groups in total. The molecule has 4 heterocycles. The fourth-order valence-electron chi connectivity index (χ4n) is 4.76. The van der Waals surface area contributed by atoms with Crippen LogP contribution >= 0.6 is 11.6 Å². The number of hydrogen-bond acceptors (Lipinski definition) is 10. The maximum Gasteiger partial charge on any atom is 1.00 e. The lowest BCUT2D eigenvalue weighted by Gasteiger charge is -2.34. The summed E-state index contributed by atoms with van der Waals surface area (Å²) < 4.78 is 83.4. The Kier molecular flexibility index (Phi) is 13.2. The SMILES string of the molecule is CC(c1ncnc(Cl)c1F)C(O)(Cn1cncn1)c1ccc(F)cc1F.CCc1ncnc(C)c1F.O=C(Cn1cncn1)c1ccc(F)cc1F.[H+]. The molecule has 2 aromatic carbocycles. The van der Waals surface area contributed by atoms with Gasteiger partial charge in [-0.15, -0.1) is 0 Å². The number of halogens is 7. The van der Waals surface area contributed by atoms with E-state index in [4.69, 9.17) is 11.6 Å². The lowest BCUT2D eigenvalue weighted by atomic mass is 9.79. The van der Waals surface area contributed by atoms with Gasteiger partial charge in [-0.1, -0.05) is 31.5 Å². The zero-order chi connectivity index (χ0) is 38.0. The number of aromatic nitrogens is 10. The molecule has 0 spiro atoms. The summed E-state index contributed by atoms with van der Waals surface area (Å²) in [5, 5.41) is 18.5. The van der Waals surface area contributed by atoms with Gasteiger partial charge in [-0.05, 0) is 31.5 Å². The third kappa shape index (κ3) is 9.58. The van der Waals surface area contributed by atoms with E-state index in [9.17, 15) is 36.2 Å². The van der Waals surface area contributed by atoms with E-state index in [2.05, 4.69) is 40.1 Å². The minimum Gasteiger partial charge on any atom is -0.382 e. The fourth-order valence-corrected chi connectivity index (χ4v) is 4.90. The van der Waals surface area contributed by atoms with Gasteiger partial charge in [0, 0.05) is 23.6 Å². The standard InChI is InChI=1S/C16H13ClF3N5O.C10H7F2N3O.C7H9FN2/c1-9(14-13(20)15(17)23-7-22-14)16(26,5-25-8-21-6-24-25)11-3-2-10(18)4-12(11)19;11-7-1-2-8(9(12)3-7)10(16)4-15-6-13-5-14-15;1-3-6-7(8)5(2)9-4-10-6/h2-4,6-9,26H,5H2,1H3;1-3,5-6H,4H2;4H,3H2,1-2H3/p+1. The van der Waals surface area contributed by atoms with Crippen LogP contribution in [0.5, 0.6) is 0 Å². The van der Waals surface area contributed by atoms with E-state index in [1.807, 2.05) is 6.92 Å². The summed E-state index contributed by atoms with van der Waals surface area (Å²) in [6.07, 6.45) is 8.20. The maximum absolute atomic E-state index is 14.4. The molecule has 2 unspecified atom stereocenters. The highest BCUT2D eigenvalue weighted by molar-refractivity contribution is 6.29. The molecule has 0 radical (unpaired) electrons. The number of Topliss-reactive ketones (excluding diaryl/α,β-unsaturated/α-hetero) is 1. The van der Waals surface area contributed by atoms with Crippen LogP contribution in [-0.2, 0) is 25.1 Å². The van der Waals surface area contributed by atoms with Crippen molar-refractivity contribution in [2.24, 2.45) is 0 Å². The second-order valence-electron chi connectivity index (χ2n) is 10.9. The van der Waals surface area contributed by atoms with E-state index < -0.39 is 51.5 Å². The molecule has 19 heteroatoms. The molecule has 0 bridgehead atoms. The van der Waals surface area contributed by atoms with Gasteiger partial charge in [0.25, 0.3) is 0 Å².